The lowest BCUT2D eigenvalue weighted by molar-refractivity contribution is -0.0624. The number of thiophene rings is 1. The molecular weight excluding hydrogens is 568 g/mol. The molecule has 0 bridgehead atoms. The molecule has 0 aliphatic rings. The van der Waals surface area contributed by atoms with Crippen molar-refractivity contribution < 1.29 is 23.8 Å². The first kappa shape index (κ1) is 28.0. The van der Waals surface area contributed by atoms with Gasteiger partial charge in [0.05, 0.1) is 16.6 Å². The summed E-state index contributed by atoms with van der Waals surface area (Å²) in [6.45, 7) is -0.838. The van der Waals surface area contributed by atoms with Gasteiger partial charge < -0.3 is 14.2 Å². The highest BCUT2D eigenvalue weighted by Crippen LogP contribution is 2.32. The number of esters is 2. The van der Waals surface area contributed by atoms with Crippen LogP contribution in [0.5, 0.6) is 0 Å². The molecule has 0 fully saturated rings. The van der Waals surface area contributed by atoms with Crippen molar-refractivity contribution in [2.75, 3.05) is 13.2 Å². The summed E-state index contributed by atoms with van der Waals surface area (Å²) in [4.78, 5) is 52.9. The van der Waals surface area contributed by atoms with Crippen LogP contribution in [0.25, 0.3) is 21.3 Å². The van der Waals surface area contributed by atoms with Gasteiger partial charge >= 0.3 is 17.6 Å². The van der Waals surface area contributed by atoms with Crippen molar-refractivity contribution in [3.8, 4) is 11.1 Å². The summed E-state index contributed by atoms with van der Waals surface area (Å²) in [6.07, 6.45) is -0.929. The molecule has 0 saturated heterocycles. The minimum absolute atomic E-state index is 0.259. The molecule has 0 saturated carbocycles. The first-order valence-corrected chi connectivity index (χ1v) is 13.7. The fourth-order valence-electron chi connectivity index (χ4n) is 4.04. The van der Waals surface area contributed by atoms with E-state index in [0.717, 1.165) is 5.56 Å². The fraction of sp³-hybridized carbons (Fsp3) is 0.133. The number of aromatic nitrogens is 2. The van der Waals surface area contributed by atoms with Crippen molar-refractivity contribution in [1.29, 1.82) is 0 Å². The molecule has 0 atom stereocenters. The molecule has 3 aromatic carbocycles. The number of ether oxygens (including phenoxy) is 3. The van der Waals surface area contributed by atoms with Gasteiger partial charge in [0.25, 0.3) is 5.56 Å². The van der Waals surface area contributed by atoms with Crippen molar-refractivity contribution in [3.05, 3.63) is 127 Å². The van der Waals surface area contributed by atoms with Crippen molar-refractivity contribution >= 4 is 45.1 Å². The number of aromatic amines is 1. The molecule has 41 heavy (non-hydrogen) atoms. The van der Waals surface area contributed by atoms with E-state index in [0.29, 0.717) is 31.9 Å². The van der Waals surface area contributed by atoms with Crippen LogP contribution in [0.1, 0.15) is 20.7 Å². The molecule has 5 aromatic rings. The Morgan fingerprint density at radius 3 is 1.95 bits per heavy atom. The van der Waals surface area contributed by atoms with E-state index < -0.39 is 29.3 Å². The third-order valence-corrected chi connectivity index (χ3v) is 7.34. The highest BCUT2D eigenvalue weighted by Gasteiger charge is 2.20. The zero-order valence-corrected chi connectivity index (χ0v) is 23.0. The Kier molecular flexibility index (Phi) is 8.73. The highest BCUT2D eigenvalue weighted by atomic mass is 35.5. The largest absolute Gasteiger partial charge is 0.459 e. The lowest BCUT2D eigenvalue weighted by Crippen LogP contribution is -2.34. The number of fused-ring (bicyclic) bond motifs is 1. The van der Waals surface area contributed by atoms with Crippen molar-refractivity contribution in [3.63, 3.8) is 0 Å². The first-order chi connectivity index (χ1) is 19.9. The third kappa shape index (κ3) is 6.63. The van der Waals surface area contributed by atoms with E-state index in [1.54, 1.807) is 90.3 Å². The molecule has 0 aliphatic heterocycles. The normalized spacial score (nSPS) is 11.1. The molecule has 9 nitrogen and oxygen atoms in total. The second kappa shape index (κ2) is 12.8. The van der Waals surface area contributed by atoms with Gasteiger partial charge in [-0.2, -0.15) is 0 Å². The van der Waals surface area contributed by atoms with E-state index in [4.69, 9.17) is 25.8 Å². The predicted octanol–water partition coefficient (Wildman–Crippen LogP) is 5.13. The van der Waals surface area contributed by atoms with Crippen LogP contribution in [0, 0.1) is 0 Å². The maximum atomic E-state index is 12.9. The number of H-pyrrole nitrogens is 1. The average Bonchev–Trinajstić information content (AvgIpc) is 3.44. The van der Waals surface area contributed by atoms with Crippen molar-refractivity contribution in [2.24, 2.45) is 0 Å². The SMILES string of the molecule is O=C(OCC(COC(=O)c1ccccc1)OCn1c(=O)[nH]c(=O)c2scc(-c3ccc(Cl)cc3)c21)c1ccccc1. The standard InChI is InChI=1S/C30H23ClN2O7S/c31-22-13-11-19(12-14-22)24-17-41-26-25(24)33(30(37)32-27(26)34)18-40-23(15-38-28(35)20-7-3-1-4-8-20)16-39-29(36)21-9-5-2-6-10-21/h1-14,17,23H,15-16,18H2,(H,32,34,37). The maximum absolute atomic E-state index is 12.9. The zero-order chi connectivity index (χ0) is 28.8. The molecule has 0 unspecified atom stereocenters. The highest BCUT2D eigenvalue weighted by molar-refractivity contribution is 7.17. The number of carbonyl (C=O) groups excluding carboxylic acids is 2. The molecular formula is C30H23ClN2O7S. The van der Waals surface area contributed by atoms with Crippen LogP contribution in [0.2, 0.25) is 5.02 Å². The summed E-state index contributed by atoms with van der Waals surface area (Å²) in [6, 6.07) is 23.8. The minimum atomic E-state index is -0.929. The van der Waals surface area contributed by atoms with E-state index in [1.807, 2.05) is 0 Å². The van der Waals surface area contributed by atoms with Crippen LogP contribution in [0.3, 0.4) is 0 Å². The maximum Gasteiger partial charge on any atom is 0.338 e. The van der Waals surface area contributed by atoms with Crippen LogP contribution in [0.15, 0.2) is 99.9 Å². The quantitative estimate of drug-likeness (QED) is 0.224. The Labute approximate surface area is 242 Å². The molecule has 0 spiro atoms. The summed E-state index contributed by atoms with van der Waals surface area (Å²) in [7, 11) is 0. The molecule has 0 radical (unpaired) electrons. The molecule has 0 aliphatic carbocycles. The van der Waals surface area contributed by atoms with Gasteiger partial charge in [-0.25, -0.2) is 14.4 Å². The number of carbonyl (C=O) groups is 2. The molecule has 2 aromatic heterocycles. The third-order valence-electron chi connectivity index (χ3n) is 6.12. The molecule has 11 heteroatoms. The number of rotatable bonds is 10. The number of hydrogen-bond donors (Lipinski definition) is 1. The monoisotopic (exact) mass is 590 g/mol. The molecule has 5 rings (SSSR count). The van der Waals surface area contributed by atoms with Crippen LogP contribution in [-0.4, -0.2) is 40.8 Å². The van der Waals surface area contributed by atoms with E-state index in [9.17, 15) is 19.2 Å². The van der Waals surface area contributed by atoms with Crippen LogP contribution in [-0.2, 0) is 20.9 Å². The van der Waals surface area contributed by atoms with Gasteiger partial charge in [-0.3, -0.25) is 14.3 Å². The van der Waals surface area contributed by atoms with Crippen molar-refractivity contribution in [1.82, 2.24) is 9.55 Å². The Morgan fingerprint density at radius 1 is 0.829 bits per heavy atom. The van der Waals surface area contributed by atoms with Crippen LogP contribution >= 0.6 is 22.9 Å². The second-order valence-corrected chi connectivity index (χ2v) is 10.2. The number of benzene rings is 3. The molecule has 0 amide bonds. The molecule has 208 valence electrons. The molecule has 2 heterocycles. The fourth-order valence-corrected chi connectivity index (χ4v) is 5.14. The number of nitrogens with zero attached hydrogens (tertiary/aromatic N) is 1. The Balaban J connectivity index is 1.40. The summed E-state index contributed by atoms with van der Waals surface area (Å²) in [5, 5.41) is 2.32. The number of nitrogens with one attached hydrogen (secondary N) is 1. The van der Waals surface area contributed by atoms with E-state index in [1.165, 1.54) is 15.9 Å². The van der Waals surface area contributed by atoms with Crippen LogP contribution in [0.4, 0.5) is 0 Å². The van der Waals surface area contributed by atoms with Gasteiger partial charge in [0, 0.05) is 16.0 Å². The summed E-state index contributed by atoms with van der Waals surface area (Å²) >= 11 is 7.23. The zero-order valence-electron chi connectivity index (χ0n) is 21.5. The Morgan fingerprint density at radius 2 is 1.39 bits per heavy atom. The number of halogens is 1. The Bertz CT molecular complexity index is 1730. The van der Waals surface area contributed by atoms with Gasteiger partial charge in [-0.15, -0.1) is 11.3 Å². The van der Waals surface area contributed by atoms with Gasteiger partial charge in [0.1, 0.15) is 30.7 Å². The summed E-state index contributed by atoms with van der Waals surface area (Å²) in [5.74, 6) is -1.17. The van der Waals surface area contributed by atoms with Gasteiger partial charge in [0.15, 0.2) is 0 Å². The number of hydrogen-bond acceptors (Lipinski definition) is 8. The van der Waals surface area contributed by atoms with Gasteiger partial charge in [-0.05, 0) is 42.0 Å². The predicted molar refractivity (Wildman–Crippen MR) is 155 cm³/mol. The lowest BCUT2D eigenvalue weighted by Gasteiger charge is -2.19. The topological polar surface area (TPSA) is 117 Å². The smallest absolute Gasteiger partial charge is 0.338 e. The molecule has 1 N–H and O–H groups in total. The van der Waals surface area contributed by atoms with E-state index >= 15 is 0 Å². The second-order valence-electron chi connectivity index (χ2n) is 8.87. The summed E-state index contributed by atoms with van der Waals surface area (Å²) < 4.78 is 18.5. The minimum Gasteiger partial charge on any atom is -0.459 e. The lowest BCUT2D eigenvalue weighted by atomic mass is 10.1. The first-order valence-electron chi connectivity index (χ1n) is 12.5. The van der Waals surface area contributed by atoms with Gasteiger partial charge in [-0.1, -0.05) is 60.1 Å². The van der Waals surface area contributed by atoms with E-state index in [-0.39, 0.29) is 19.9 Å². The average molecular weight is 591 g/mol. The van der Waals surface area contributed by atoms with E-state index in [2.05, 4.69) is 4.98 Å². The van der Waals surface area contributed by atoms with Crippen molar-refractivity contribution in [2.45, 2.75) is 12.8 Å². The van der Waals surface area contributed by atoms with Crippen LogP contribution < -0.4 is 11.2 Å². The summed E-state index contributed by atoms with van der Waals surface area (Å²) in [5.41, 5.74) is 1.27. The Hall–Kier alpha value is -4.51. The van der Waals surface area contributed by atoms with Gasteiger partial charge in [0.2, 0.25) is 0 Å².